The summed E-state index contributed by atoms with van der Waals surface area (Å²) in [4.78, 5) is 71.5. The van der Waals surface area contributed by atoms with Crippen LogP contribution < -0.4 is 10.6 Å². The molecule has 3 aromatic heterocycles. The topological polar surface area (TPSA) is 180 Å². The van der Waals surface area contributed by atoms with E-state index in [4.69, 9.17) is 19.4 Å². The lowest BCUT2D eigenvalue weighted by Gasteiger charge is -2.30. The van der Waals surface area contributed by atoms with Crippen LogP contribution in [0.4, 0.5) is 9.59 Å². The van der Waals surface area contributed by atoms with Crippen LogP contribution in [-0.2, 0) is 32.0 Å². The molecule has 0 spiro atoms. The van der Waals surface area contributed by atoms with E-state index in [-0.39, 0.29) is 35.7 Å². The Morgan fingerprint density at radius 3 is 1.76 bits per heavy atom. The monoisotopic (exact) mass is 803 g/mol. The average molecular weight is 804 g/mol. The SMILES string of the molecule is COC(=O)N[C@H](C(=O)N1CCC[C@H]1c1ncc(-c2ccc3c(c2)CCn2c-3cc3cc(-c4cnc([C@@H]5CCCN5C(=O)[C@@H](NC(=O)OC)C(C)C)[nH]4)ccc32)[nH]1)C(C)C. The van der Waals surface area contributed by atoms with Crippen LogP contribution in [-0.4, -0.2) is 97.7 Å². The number of aromatic amines is 2. The van der Waals surface area contributed by atoms with Crippen molar-refractivity contribution in [3.8, 4) is 33.8 Å². The van der Waals surface area contributed by atoms with Gasteiger partial charge in [-0.1, -0.05) is 45.9 Å². The molecular formula is C44H53N9O6. The number of nitrogens with one attached hydrogen (secondary N) is 4. The first-order valence-electron chi connectivity index (χ1n) is 20.6. The Labute approximate surface area is 343 Å². The van der Waals surface area contributed by atoms with Crippen LogP contribution >= 0.6 is 0 Å². The smallest absolute Gasteiger partial charge is 0.407 e. The highest BCUT2D eigenvalue weighted by Crippen LogP contribution is 2.39. The van der Waals surface area contributed by atoms with E-state index < -0.39 is 24.3 Å². The predicted molar refractivity (Wildman–Crippen MR) is 222 cm³/mol. The minimum absolute atomic E-state index is 0.104. The van der Waals surface area contributed by atoms with Crippen molar-refractivity contribution < 1.29 is 28.7 Å². The Balaban J connectivity index is 0.993. The molecule has 8 rings (SSSR count). The van der Waals surface area contributed by atoms with Crippen molar-refractivity contribution in [1.29, 1.82) is 0 Å². The maximum absolute atomic E-state index is 13.7. The lowest BCUT2D eigenvalue weighted by molar-refractivity contribution is -0.136. The molecule has 15 nitrogen and oxygen atoms in total. The number of rotatable bonds is 10. The zero-order valence-corrected chi connectivity index (χ0v) is 34.5. The van der Waals surface area contributed by atoms with Gasteiger partial charge in [-0.15, -0.1) is 0 Å². The molecule has 0 aliphatic carbocycles. The van der Waals surface area contributed by atoms with Crippen molar-refractivity contribution >= 4 is 34.9 Å². The fourth-order valence-corrected chi connectivity index (χ4v) is 9.04. The molecule has 5 aromatic rings. The predicted octanol–water partition coefficient (Wildman–Crippen LogP) is 6.73. The van der Waals surface area contributed by atoms with Gasteiger partial charge in [0.1, 0.15) is 23.7 Å². The van der Waals surface area contributed by atoms with Crippen molar-refractivity contribution in [2.24, 2.45) is 11.8 Å². The average Bonchev–Trinajstić information content (AvgIpc) is 4.09. The van der Waals surface area contributed by atoms with E-state index in [0.29, 0.717) is 13.1 Å². The van der Waals surface area contributed by atoms with Gasteiger partial charge in [-0.05, 0) is 79.3 Å². The fourth-order valence-electron chi connectivity index (χ4n) is 9.04. The molecule has 59 heavy (non-hydrogen) atoms. The first-order valence-corrected chi connectivity index (χ1v) is 20.6. The fraction of sp³-hybridized carbons (Fsp3) is 0.455. The maximum atomic E-state index is 13.7. The number of benzene rings is 2. The van der Waals surface area contributed by atoms with E-state index in [1.54, 1.807) is 0 Å². The zero-order valence-electron chi connectivity index (χ0n) is 34.5. The number of hydrogen-bond donors (Lipinski definition) is 4. The number of ether oxygens (including phenoxy) is 2. The quantitative estimate of drug-likeness (QED) is 0.120. The first kappa shape index (κ1) is 39.7. The van der Waals surface area contributed by atoms with E-state index in [2.05, 4.69) is 67.6 Å². The molecule has 2 saturated heterocycles. The summed E-state index contributed by atoms with van der Waals surface area (Å²) in [6.45, 7) is 9.68. The van der Waals surface area contributed by atoms with Crippen molar-refractivity contribution in [2.45, 2.75) is 90.5 Å². The molecule has 310 valence electrons. The highest BCUT2D eigenvalue weighted by molar-refractivity contribution is 5.92. The minimum Gasteiger partial charge on any atom is -0.453 e. The summed E-state index contributed by atoms with van der Waals surface area (Å²) in [5, 5.41) is 6.56. The molecule has 0 saturated carbocycles. The third kappa shape index (κ3) is 7.54. The van der Waals surface area contributed by atoms with Gasteiger partial charge in [0.25, 0.3) is 0 Å². The van der Waals surface area contributed by atoms with E-state index >= 15 is 0 Å². The Hall–Kier alpha value is -6.12. The third-order valence-electron chi connectivity index (χ3n) is 12.2. The second kappa shape index (κ2) is 16.3. The summed E-state index contributed by atoms with van der Waals surface area (Å²) in [6, 6.07) is 13.5. The van der Waals surface area contributed by atoms with Crippen molar-refractivity contribution in [3.05, 3.63) is 72.1 Å². The Morgan fingerprint density at radius 2 is 1.24 bits per heavy atom. The number of nitrogens with zero attached hydrogens (tertiary/aromatic N) is 5. The van der Waals surface area contributed by atoms with Gasteiger partial charge in [-0.2, -0.15) is 0 Å². The number of alkyl carbamates (subject to hydrolysis) is 2. The number of aryl methyl sites for hydroxylation is 2. The van der Waals surface area contributed by atoms with Crippen molar-refractivity contribution in [3.63, 3.8) is 0 Å². The Morgan fingerprint density at radius 1 is 0.712 bits per heavy atom. The van der Waals surface area contributed by atoms with Gasteiger partial charge in [0.05, 0.1) is 50.1 Å². The number of imidazole rings is 2. The van der Waals surface area contributed by atoms with Crippen molar-refractivity contribution in [2.75, 3.05) is 27.3 Å². The number of H-pyrrole nitrogens is 2. The van der Waals surface area contributed by atoms with Gasteiger partial charge in [-0.25, -0.2) is 19.6 Å². The van der Waals surface area contributed by atoms with Gasteiger partial charge >= 0.3 is 12.2 Å². The molecular weight excluding hydrogens is 751 g/mol. The number of amides is 4. The largest absolute Gasteiger partial charge is 0.453 e. The molecule has 2 fully saturated rings. The van der Waals surface area contributed by atoms with E-state index in [0.717, 1.165) is 78.2 Å². The van der Waals surface area contributed by atoms with Gasteiger partial charge in [0, 0.05) is 47.4 Å². The molecule has 0 unspecified atom stereocenters. The molecule has 4 amide bonds. The lowest BCUT2D eigenvalue weighted by Crippen LogP contribution is -2.51. The molecule has 6 heterocycles. The molecule has 3 aliphatic heterocycles. The van der Waals surface area contributed by atoms with Gasteiger partial charge in [-0.3, -0.25) is 9.59 Å². The molecule has 2 aromatic carbocycles. The maximum Gasteiger partial charge on any atom is 0.407 e. The number of aromatic nitrogens is 5. The molecule has 4 atom stereocenters. The number of likely N-dealkylation sites (tertiary alicyclic amines) is 2. The molecule has 4 N–H and O–H groups in total. The van der Waals surface area contributed by atoms with Crippen LogP contribution in [0, 0.1) is 11.8 Å². The molecule has 0 radical (unpaired) electrons. The van der Waals surface area contributed by atoms with Crippen LogP contribution in [0.25, 0.3) is 44.7 Å². The summed E-state index contributed by atoms with van der Waals surface area (Å²) in [5.41, 5.74) is 8.61. The van der Waals surface area contributed by atoms with Gasteiger partial charge in [0.2, 0.25) is 11.8 Å². The minimum atomic E-state index is -0.690. The van der Waals surface area contributed by atoms with Gasteiger partial charge < -0.3 is 44.4 Å². The number of hydrogen-bond acceptors (Lipinski definition) is 8. The second-order valence-electron chi connectivity index (χ2n) is 16.5. The van der Waals surface area contributed by atoms with E-state index in [9.17, 15) is 19.2 Å². The number of carbonyl (C=O) groups excluding carboxylic acids is 4. The summed E-state index contributed by atoms with van der Waals surface area (Å²) >= 11 is 0. The normalized spacial score (nSPS) is 18.5. The molecule has 15 heteroatoms. The lowest BCUT2D eigenvalue weighted by atomic mass is 9.95. The Bertz CT molecular complexity index is 2390. The summed E-state index contributed by atoms with van der Waals surface area (Å²) in [7, 11) is 2.59. The summed E-state index contributed by atoms with van der Waals surface area (Å²) in [5.74, 6) is 1.000. The van der Waals surface area contributed by atoms with E-state index in [1.807, 2.05) is 49.9 Å². The van der Waals surface area contributed by atoms with Crippen LogP contribution in [0.1, 0.15) is 82.7 Å². The van der Waals surface area contributed by atoms with Crippen molar-refractivity contribution in [1.82, 2.24) is 44.9 Å². The highest BCUT2D eigenvalue weighted by Gasteiger charge is 2.39. The summed E-state index contributed by atoms with van der Waals surface area (Å²) in [6.07, 6.45) is 6.60. The standard InChI is InChI=1S/C44H53N9O6/c1-24(2)37(49-43(56)58-5)41(54)52-16-7-9-34(52)39-45-22-31(47-39)27-11-13-30-26(19-27)15-18-51-33-14-12-28(20-29(33)21-36(30)51)32-23-46-40(48-32)35-10-8-17-53(35)42(55)38(25(3)4)50-44(57)59-6/h11-14,19-25,34-35,37-38H,7-10,15-18H2,1-6H3,(H,45,47)(H,46,48)(H,49,56)(H,50,57)/t34-,35-,37-,38-/m0/s1. The first-order chi connectivity index (χ1) is 28.4. The molecule has 0 bridgehead atoms. The van der Waals surface area contributed by atoms with Crippen LogP contribution in [0.15, 0.2) is 54.9 Å². The number of fused-ring (bicyclic) bond motifs is 5. The van der Waals surface area contributed by atoms with Crippen LogP contribution in [0.2, 0.25) is 0 Å². The van der Waals surface area contributed by atoms with Crippen LogP contribution in [0.3, 0.4) is 0 Å². The highest BCUT2D eigenvalue weighted by atomic mass is 16.5. The second-order valence-corrected chi connectivity index (χ2v) is 16.5. The van der Waals surface area contributed by atoms with Gasteiger partial charge in [0.15, 0.2) is 0 Å². The zero-order chi connectivity index (χ0) is 41.5. The summed E-state index contributed by atoms with van der Waals surface area (Å²) < 4.78 is 11.9. The number of methoxy groups -OCH3 is 2. The number of carbonyl (C=O) groups is 4. The molecule has 3 aliphatic rings. The van der Waals surface area contributed by atoms with Crippen LogP contribution in [0.5, 0.6) is 0 Å². The third-order valence-corrected chi connectivity index (χ3v) is 12.2. The Kier molecular flexibility index (Phi) is 10.9. The van der Waals surface area contributed by atoms with E-state index in [1.165, 1.54) is 36.6 Å².